The van der Waals surface area contributed by atoms with Crippen LogP contribution in [0.25, 0.3) is 11.1 Å². The molecule has 24 nitrogen and oxygen atoms in total. The van der Waals surface area contributed by atoms with Crippen LogP contribution in [0.4, 0.5) is 58.6 Å². The topological polar surface area (TPSA) is 394 Å². The van der Waals surface area contributed by atoms with Gasteiger partial charge in [-0.3, -0.25) is 0 Å². The number of rotatable bonds is 10. The number of aliphatic hydroxyl groups is 4. The number of phenols is 1. The third-order valence-corrected chi connectivity index (χ3v) is 20.2. The Morgan fingerprint density at radius 1 is 0.331 bits per heavy atom. The van der Waals surface area contributed by atoms with Crippen LogP contribution in [-0.2, 0) is 0 Å². The van der Waals surface area contributed by atoms with Crippen LogP contribution in [-0.4, -0.2) is 124 Å². The quantitative estimate of drug-likeness (QED) is 0.0447. The molecule has 0 saturated heterocycles. The number of hydrogen-bond donors (Lipinski definition) is 14. The number of nitrogens with two attached hydrogens (primary N) is 4. The van der Waals surface area contributed by atoms with Crippen LogP contribution in [0.2, 0.25) is 20.1 Å². The first-order valence-electron chi connectivity index (χ1n) is 38.5. The zero-order valence-corrected chi connectivity index (χ0v) is 67.4. The van der Waals surface area contributed by atoms with Crippen molar-refractivity contribution in [2.45, 2.75) is 151 Å². The molecule has 0 bridgehead atoms. The van der Waals surface area contributed by atoms with Gasteiger partial charge in [0, 0.05) is 78.4 Å². The van der Waals surface area contributed by atoms with Gasteiger partial charge in [-0.25, -0.2) is 29.9 Å². The minimum atomic E-state index is -0.192. The molecule has 118 heavy (non-hydrogen) atoms. The normalized spacial score (nSPS) is 18.2. The van der Waals surface area contributed by atoms with Crippen molar-refractivity contribution in [3.63, 3.8) is 0 Å². The number of anilines is 10. The molecule has 602 valence electrons. The summed E-state index contributed by atoms with van der Waals surface area (Å²) in [5, 5.41) is 66.9. The summed E-state index contributed by atoms with van der Waals surface area (Å²) in [5.41, 5.74) is 33.1. The number of phenolic OH excluding ortho intramolecular Hbond substituents is 1. The van der Waals surface area contributed by atoms with Gasteiger partial charge in [-0.05, 0) is 241 Å². The van der Waals surface area contributed by atoms with E-state index in [-0.39, 0.29) is 66.0 Å². The average molecular weight is 1660 g/mol. The van der Waals surface area contributed by atoms with Crippen molar-refractivity contribution in [3.05, 3.63) is 253 Å². The van der Waals surface area contributed by atoms with Crippen LogP contribution in [0.15, 0.2) is 183 Å². The molecule has 10 aromatic rings. The van der Waals surface area contributed by atoms with Crippen molar-refractivity contribution >= 4 is 105 Å². The lowest BCUT2D eigenvalue weighted by molar-refractivity contribution is 0.125. The van der Waals surface area contributed by atoms with Gasteiger partial charge in [0.2, 0.25) is 23.8 Å². The highest BCUT2D eigenvalue weighted by Gasteiger charge is 2.25. The lowest BCUT2D eigenvalue weighted by Crippen LogP contribution is -2.29. The molecule has 4 saturated carbocycles. The van der Waals surface area contributed by atoms with E-state index in [1.807, 2.05) is 60.7 Å². The second kappa shape index (κ2) is 44.0. The Labute approximate surface area is 706 Å². The number of terminal acetylenes is 1. The van der Waals surface area contributed by atoms with Crippen LogP contribution in [0.5, 0.6) is 5.75 Å². The number of benzene rings is 6. The minimum Gasteiger partial charge on any atom is -0.508 e. The van der Waals surface area contributed by atoms with E-state index in [0.29, 0.717) is 77.7 Å². The van der Waals surface area contributed by atoms with Crippen LogP contribution >= 0.6 is 46.4 Å². The number of aromatic nitrogens is 10. The number of nitrogens with zero attached hydrogens (tertiary/aromatic N) is 10. The largest absolute Gasteiger partial charge is 0.508 e. The van der Waals surface area contributed by atoms with Crippen LogP contribution in [0.3, 0.4) is 0 Å². The summed E-state index contributed by atoms with van der Waals surface area (Å²) >= 11 is 23.5. The number of hydrogen-bond acceptors (Lipinski definition) is 24. The molecule has 6 aliphatic rings. The average Bonchev–Trinajstić information content (AvgIpc) is 1.72. The Morgan fingerprint density at radius 2 is 0.619 bits per heavy atom. The Bertz CT molecular complexity index is 5290. The van der Waals surface area contributed by atoms with Gasteiger partial charge in [-0.1, -0.05) is 118 Å². The molecule has 16 rings (SSSR count). The number of nitrogen functional groups attached to an aromatic ring is 4. The predicted octanol–water partition coefficient (Wildman–Crippen LogP) is 14.9. The molecule has 0 aliphatic heterocycles. The number of nitrogens with one attached hydrogen (secondary N) is 5. The summed E-state index contributed by atoms with van der Waals surface area (Å²) < 4.78 is 0. The van der Waals surface area contributed by atoms with Gasteiger partial charge >= 0.3 is 0 Å². The standard InChI is InChI=1S/2C18H19ClN4O.C18H13ClN4O.C18H18ClN3O.C12H16N4O.C6H4/c3*19-14-5-2-12(3-6-14)1-4-13-11-21-18(20)23-17(13)22-15-7-9-16(24)10-8-15;19-15-5-2-13(3-6-15)1-4-14-11-20-12-21-18(14)22-16-7-9-17(23)10-8-16;1-2-8-7-14-12(13)16-11(8)15-9-3-5-10(17)6-4-9;1-2-5-4-6(5)3-1/h2*2-3,5-6,11,15-16,24H,7-10H2,(H3,20,21,22,23);2-3,5-11,24H,(H3,20,21,22,23);2-3,5-6,11-12,16-17,23H,7-10H2,(H,20,21,22);1,7,9-10,17H,3-6H2,(H3,13,14,15,16);1-4H. The first kappa shape index (κ1) is 86.4. The van der Waals surface area contributed by atoms with E-state index in [2.05, 4.69) is 154 Å². The molecule has 0 amide bonds. The first-order chi connectivity index (χ1) is 57.1. The molecular weight excluding hydrogens is 1570 g/mol. The Hall–Kier alpha value is -12.5. The summed E-state index contributed by atoms with van der Waals surface area (Å²) in [5.74, 6) is 31.3. The maximum atomic E-state index is 9.62. The van der Waals surface area contributed by atoms with Crippen molar-refractivity contribution in [1.29, 1.82) is 0 Å². The Morgan fingerprint density at radius 3 is 0.924 bits per heavy atom. The maximum absolute atomic E-state index is 9.62. The van der Waals surface area contributed by atoms with E-state index in [0.717, 1.165) is 142 Å². The molecule has 5 aromatic heterocycles. The highest BCUT2D eigenvalue weighted by Crippen LogP contribution is 2.33. The molecule has 0 atom stereocenters. The first-order valence-corrected chi connectivity index (χ1v) is 40.0. The van der Waals surface area contributed by atoms with Gasteiger partial charge in [0.1, 0.15) is 35.3 Å². The van der Waals surface area contributed by atoms with Gasteiger partial charge < -0.3 is 75.1 Å². The third-order valence-electron chi connectivity index (χ3n) is 19.2. The van der Waals surface area contributed by atoms with E-state index >= 15 is 0 Å². The molecule has 0 unspecified atom stereocenters. The maximum Gasteiger partial charge on any atom is 0.222 e. The van der Waals surface area contributed by atoms with Gasteiger partial charge in [0.05, 0.1) is 77.0 Å². The molecule has 28 heteroatoms. The van der Waals surface area contributed by atoms with Crippen molar-refractivity contribution in [1.82, 2.24) is 49.8 Å². The van der Waals surface area contributed by atoms with E-state index in [9.17, 15) is 25.5 Å². The van der Waals surface area contributed by atoms with Gasteiger partial charge in [-0.15, -0.1) is 6.42 Å². The number of aromatic hydroxyl groups is 1. The Balaban J connectivity index is 0.000000142. The summed E-state index contributed by atoms with van der Waals surface area (Å²) in [6, 6.07) is 45.5. The van der Waals surface area contributed by atoms with E-state index in [1.165, 1.54) is 17.5 Å². The highest BCUT2D eigenvalue weighted by atomic mass is 35.5. The molecular formula is C90H89Cl4N19O5. The fraction of sp³-hybridized carbons (Fsp3) is 0.267. The summed E-state index contributed by atoms with van der Waals surface area (Å²) in [4.78, 5) is 41.1. The summed E-state index contributed by atoms with van der Waals surface area (Å²) in [7, 11) is 0. The molecule has 5 aromatic carbocycles. The zero-order valence-electron chi connectivity index (χ0n) is 64.4. The smallest absolute Gasteiger partial charge is 0.222 e. The zero-order chi connectivity index (χ0) is 83.1. The number of aliphatic hydroxyl groups excluding tert-OH is 4. The monoisotopic (exact) mass is 1660 g/mol. The van der Waals surface area contributed by atoms with Crippen molar-refractivity contribution in [3.8, 4) is 76.6 Å². The second-order valence-corrected chi connectivity index (χ2v) is 30.0. The second-order valence-electron chi connectivity index (χ2n) is 28.3. The summed E-state index contributed by atoms with van der Waals surface area (Å²) in [6.45, 7) is 0. The lowest BCUT2D eigenvalue weighted by atomic mass is 9.93. The fourth-order valence-corrected chi connectivity index (χ4v) is 13.1. The lowest BCUT2D eigenvalue weighted by Gasteiger charge is -2.26. The third kappa shape index (κ3) is 28.8. The molecule has 18 N–H and O–H groups in total. The summed E-state index contributed by atoms with van der Waals surface area (Å²) in [6.07, 6.45) is 28.0. The number of halogens is 4. The van der Waals surface area contributed by atoms with Gasteiger partial charge in [0.15, 0.2) is 5.82 Å². The SMILES string of the molecule is C#Cc1cnc(N)nc1NC1CCC(O)CC1.Nc1ncc(C#Cc2ccc(Cl)cc2)c(NC2CCC(O)CC2)n1.Nc1ncc(C#Cc2ccc(Cl)cc2)c(NC2CCC(O)CC2)n1.Nc1ncc(C#Cc2ccc(Cl)cc2)c(Nc2ccc(O)cc2)n1.OC1CCC(Nc2ncncc2C#Cc2ccc(Cl)cc2)CC1.c1cc2cc-2c1. The van der Waals surface area contributed by atoms with Crippen molar-refractivity contribution in [2.75, 3.05) is 49.5 Å². The molecule has 0 spiro atoms. The van der Waals surface area contributed by atoms with Crippen molar-refractivity contribution in [2.24, 2.45) is 0 Å². The van der Waals surface area contributed by atoms with Crippen molar-refractivity contribution < 1.29 is 25.5 Å². The van der Waals surface area contributed by atoms with Gasteiger partial charge in [0.25, 0.3) is 0 Å². The van der Waals surface area contributed by atoms with Crippen LogP contribution in [0.1, 0.15) is 153 Å². The van der Waals surface area contributed by atoms with E-state index < -0.39 is 0 Å². The van der Waals surface area contributed by atoms with Gasteiger partial charge in [-0.2, -0.15) is 19.9 Å². The minimum absolute atomic E-state index is 0.147. The highest BCUT2D eigenvalue weighted by molar-refractivity contribution is 6.31. The molecule has 0 radical (unpaired) electrons. The van der Waals surface area contributed by atoms with Crippen LogP contribution in [0, 0.1) is 59.7 Å². The molecule has 6 aliphatic carbocycles. The number of fused-ring (bicyclic) bond motifs is 1. The Kier molecular flexibility index (Phi) is 32.2. The fourth-order valence-electron chi connectivity index (χ4n) is 12.6. The molecule has 5 heterocycles. The van der Waals surface area contributed by atoms with E-state index in [4.69, 9.17) is 75.8 Å². The van der Waals surface area contributed by atoms with E-state index in [1.54, 1.807) is 91.6 Å². The predicted molar refractivity (Wildman–Crippen MR) is 470 cm³/mol. The molecule has 4 fully saturated rings. The van der Waals surface area contributed by atoms with Crippen LogP contribution < -0.4 is 49.5 Å².